The number of carbonyl (C=O) groups excluding carboxylic acids is 1. The summed E-state index contributed by atoms with van der Waals surface area (Å²) in [6, 6.07) is 4.75. The molecule has 6 heteroatoms. The first-order chi connectivity index (χ1) is 11.1. The molecule has 0 unspecified atom stereocenters. The van der Waals surface area contributed by atoms with Crippen LogP contribution >= 0.6 is 0 Å². The molecule has 0 aliphatic carbocycles. The smallest absolute Gasteiger partial charge is 0.254 e. The van der Waals surface area contributed by atoms with Crippen molar-refractivity contribution in [1.82, 2.24) is 14.7 Å². The molecule has 2 heterocycles. The van der Waals surface area contributed by atoms with Gasteiger partial charge in [-0.05, 0) is 31.7 Å². The van der Waals surface area contributed by atoms with Gasteiger partial charge in [0.2, 0.25) is 0 Å². The third-order valence-corrected chi connectivity index (χ3v) is 4.90. The lowest BCUT2D eigenvalue weighted by Crippen LogP contribution is -2.50. The van der Waals surface area contributed by atoms with Gasteiger partial charge in [-0.2, -0.15) is 0 Å². The summed E-state index contributed by atoms with van der Waals surface area (Å²) >= 11 is 0. The molecule has 0 saturated carbocycles. The Labute approximate surface area is 136 Å². The molecule has 0 radical (unpaired) electrons. The quantitative estimate of drug-likeness (QED) is 0.841. The number of rotatable bonds is 3. The van der Waals surface area contributed by atoms with Crippen molar-refractivity contribution in [2.24, 2.45) is 0 Å². The zero-order valence-corrected chi connectivity index (χ0v) is 13.8. The van der Waals surface area contributed by atoms with E-state index >= 15 is 0 Å². The van der Waals surface area contributed by atoms with Crippen molar-refractivity contribution >= 4 is 5.91 Å². The fourth-order valence-corrected chi connectivity index (χ4v) is 3.39. The molecule has 1 aromatic rings. The number of likely N-dealkylation sites (tertiary alicyclic amines) is 1. The Morgan fingerprint density at radius 1 is 1.22 bits per heavy atom. The Bertz CT molecular complexity index is 573. The number of piperazine rings is 1. The molecule has 0 aromatic heterocycles. The third kappa shape index (κ3) is 3.48. The molecule has 126 valence electrons. The first kappa shape index (κ1) is 16.2. The molecular weight excluding hydrogens is 297 g/mol. The summed E-state index contributed by atoms with van der Waals surface area (Å²) in [7, 11) is 3.55. The molecular formula is C17H24FN3O2. The number of benzene rings is 1. The Hall–Kier alpha value is -1.66. The van der Waals surface area contributed by atoms with Gasteiger partial charge in [-0.3, -0.25) is 9.69 Å². The van der Waals surface area contributed by atoms with Crippen LogP contribution in [0.2, 0.25) is 0 Å². The minimum absolute atomic E-state index is 0.0417. The SMILES string of the molecule is COc1cc(C(=O)N2CC[C@H](N3CCN(C)CC3)C2)ccc1F. The second-order valence-electron chi connectivity index (χ2n) is 6.38. The monoisotopic (exact) mass is 321 g/mol. The van der Waals surface area contributed by atoms with Crippen molar-refractivity contribution in [2.45, 2.75) is 12.5 Å². The molecule has 2 aliphatic rings. The highest BCUT2D eigenvalue weighted by Gasteiger charge is 2.32. The fourth-order valence-electron chi connectivity index (χ4n) is 3.39. The van der Waals surface area contributed by atoms with E-state index in [0.717, 1.165) is 45.7 Å². The van der Waals surface area contributed by atoms with E-state index in [0.29, 0.717) is 11.6 Å². The molecule has 1 atom stereocenters. The van der Waals surface area contributed by atoms with Crippen molar-refractivity contribution in [1.29, 1.82) is 0 Å². The molecule has 0 spiro atoms. The summed E-state index contributed by atoms with van der Waals surface area (Å²) in [5.74, 6) is -0.369. The van der Waals surface area contributed by atoms with Gasteiger partial charge in [-0.1, -0.05) is 0 Å². The summed E-state index contributed by atoms with van der Waals surface area (Å²) in [4.78, 5) is 19.3. The van der Waals surface area contributed by atoms with Gasteiger partial charge in [0.1, 0.15) is 0 Å². The summed E-state index contributed by atoms with van der Waals surface area (Å²) in [5, 5.41) is 0. The van der Waals surface area contributed by atoms with E-state index in [1.54, 1.807) is 0 Å². The number of hydrogen-bond donors (Lipinski definition) is 0. The van der Waals surface area contributed by atoms with Gasteiger partial charge >= 0.3 is 0 Å². The number of halogens is 1. The molecule has 2 fully saturated rings. The maximum absolute atomic E-state index is 13.5. The number of amides is 1. The maximum atomic E-state index is 13.5. The van der Waals surface area contributed by atoms with E-state index in [4.69, 9.17) is 4.74 Å². The van der Waals surface area contributed by atoms with Gasteiger partial charge in [0.15, 0.2) is 11.6 Å². The van der Waals surface area contributed by atoms with E-state index in [1.165, 1.54) is 25.3 Å². The number of likely N-dealkylation sites (N-methyl/N-ethyl adjacent to an activating group) is 1. The van der Waals surface area contributed by atoms with Crippen LogP contribution < -0.4 is 4.74 Å². The fraction of sp³-hybridized carbons (Fsp3) is 0.588. The van der Waals surface area contributed by atoms with Crippen molar-refractivity contribution in [2.75, 3.05) is 53.4 Å². The Morgan fingerprint density at radius 2 is 1.96 bits per heavy atom. The molecule has 1 amide bonds. The average Bonchev–Trinajstić information content (AvgIpc) is 3.05. The Morgan fingerprint density at radius 3 is 2.65 bits per heavy atom. The van der Waals surface area contributed by atoms with Crippen LogP contribution in [0.4, 0.5) is 4.39 Å². The van der Waals surface area contributed by atoms with Crippen LogP contribution in [-0.2, 0) is 0 Å². The first-order valence-corrected chi connectivity index (χ1v) is 8.14. The molecule has 0 N–H and O–H groups in total. The molecule has 23 heavy (non-hydrogen) atoms. The highest BCUT2D eigenvalue weighted by Crippen LogP contribution is 2.23. The zero-order valence-electron chi connectivity index (χ0n) is 13.8. The number of ether oxygens (including phenoxy) is 1. The van der Waals surface area contributed by atoms with Crippen molar-refractivity contribution in [3.63, 3.8) is 0 Å². The van der Waals surface area contributed by atoms with Crippen LogP contribution in [-0.4, -0.2) is 80.1 Å². The van der Waals surface area contributed by atoms with Gasteiger partial charge in [0.05, 0.1) is 7.11 Å². The maximum Gasteiger partial charge on any atom is 0.254 e. The average molecular weight is 321 g/mol. The summed E-state index contributed by atoms with van der Waals surface area (Å²) < 4.78 is 18.5. The minimum Gasteiger partial charge on any atom is -0.494 e. The molecule has 2 saturated heterocycles. The van der Waals surface area contributed by atoms with Crippen LogP contribution in [0.15, 0.2) is 18.2 Å². The van der Waals surface area contributed by atoms with Crippen LogP contribution in [0.3, 0.4) is 0 Å². The predicted octanol–water partition coefficient (Wildman–Crippen LogP) is 1.30. The molecule has 0 bridgehead atoms. The number of hydrogen-bond acceptors (Lipinski definition) is 4. The highest BCUT2D eigenvalue weighted by molar-refractivity contribution is 5.94. The van der Waals surface area contributed by atoms with Gasteiger partial charge in [0.25, 0.3) is 5.91 Å². The zero-order chi connectivity index (χ0) is 16.4. The van der Waals surface area contributed by atoms with Crippen LogP contribution in [0, 0.1) is 5.82 Å². The summed E-state index contributed by atoms with van der Waals surface area (Å²) in [6.45, 7) is 5.80. The van der Waals surface area contributed by atoms with Crippen molar-refractivity contribution in [3.05, 3.63) is 29.6 Å². The summed E-state index contributed by atoms with van der Waals surface area (Å²) in [5.41, 5.74) is 0.488. The molecule has 3 rings (SSSR count). The highest BCUT2D eigenvalue weighted by atomic mass is 19.1. The largest absolute Gasteiger partial charge is 0.494 e. The normalized spacial score (nSPS) is 23.3. The van der Waals surface area contributed by atoms with Crippen LogP contribution in [0.1, 0.15) is 16.8 Å². The van der Waals surface area contributed by atoms with Gasteiger partial charge in [-0.25, -0.2) is 4.39 Å². The van der Waals surface area contributed by atoms with Gasteiger partial charge in [0, 0.05) is 50.9 Å². The second kappa shape index (κ2) is 6.84. The number of nitrogens with zero attached hydrogens (tertiary/aromatic N) is 3. The first-order valence-electron chi connectivity index (χ1n) is 8.14. The standard InChI is InChI=1S/C17H24FN3O2/c1-19-7-9-20(10-8-19)14-5-6-21(12-14)17(22)13-3-4-15(18)16(11-13)23-2/h3-4,11,14H,5-10,12H2,1-2H3/t14-/m0/s1. The summed E-state index contributed by atoms with van der Waals surface area (Å²) in [6.07, 6.45) is 1.01. The topological polar surface area (TPSA) is 36.0 Å². The molecule has 5 nitrogen and oxygen atoms in total. The predicted molar refractivity (Wildman–Crippen MR) is 86.3 cm³/mol. The lowest BCUT2D eigenvalue weighted by Gasteiger charge is -2.36. The van der Waals surface area contributed by atoms with E-state index in [1.807, 2.05) is 4.90 Å². The van der Waals surface area contributed by atoms with Gasteiger partial charge in [-0.15, -0.1) is 0 Å². The number of carbonyl (C=O) groups is 1. The van der Waals surface area contributed by atoms with Crippen molar-refractivity contribution in [3.8, 4) is 5.75 Å². The molecule has 2 aliphatic heterocycles. The number of methoxy groups -OCH3 is 1. The molecule has 1 aromatic carbocycles. The van der Waals surface area contributed by atoms with E-state index in [-0.39, 0.29) is 11.7 Å². The third-order valence-electron chi connectivity index (χ3n) is 4.90. The minimum atomic E-state index is -0.444. The van der Waals surface area contributed by atoms with E-state index in [9.17, 15) is 9.18 Å². The van der Waals surface area contributed by atoms with Crippen LogP contribution in [0.5, 0.6) is 5.75 Å². The second-order valence-corrected chi connectivity index (χ2v) is 6.38. The van der Waals surface area contributed by atoms with Crippen LogP contribution in [0.25, 0.3) is 0 Å². The van der Waals surface area contributed by atoms with Gasteiger partial charge < -0.3 is 14.5 Å². The Kier molecular flexibility index (Phi) is 4.82. The lowest BCUT2D eigenvalue weighted by molar-refractivity contribution is 0.0755. The lowest BCUT2D eigenvalue weighted by atomic mass is 10.2. The van der Waals surface area contributed by atoms with E-state index < -0.39 is 5.82 Å². The van der Waals surface area contributed by atoms with E-state index in [2.05, 4.69) is 16.8 Å². The Balaban J connectivity index is 1.63. The van der Waals surface area contributed by atoms with Crippen molar-refractivity contribution < 1.29 is 13.9 Å².